The molecular formula is C32H34ClN3OS. The van der Waals surface area contributed by atoms with Crippen molar-refractivity contribution in [1.29, 1.82) is 0 Å². The number of para-hydroxylation sites is 1. The van der Waals surface area contributed by atoms with Crippen LogP contribution in [0.3, 0.4) is 0 Å². The van der Waals surface area contributed by atoms with Gasteiger partial charge < -0.3 is 9.88 Å². The van der Waals surface area contributed by atoms with E-state index in [0.29, 0.717) is 16.5 Å². The Morgan fingerprint density at radius 1 is 1.11 bits per heavy atom. The predicted octanol–water partition coefficient (Wildman–Crippen LogP) is 8.96. The van der Waals surface area contributed by atoms with E-state index in [9.17, 15) is 4.79 Å². The first-order chi connectivity index (χ1) is 18.1. The van der Waals surface area contributed by atoms with E-state index < -0.39 is 0 Å². The van der Waals surface area contributed by atoms with Gasteiger partial charge in [0.25, 0.3) is 5.91 Å². The average Bonchev–Trinajstić information content (AvgIpc) is 3.39. The lowest BCUT2D eigenvalue weighted by Crippen LogP contribution is -2.27. The number of halogens is 1. The molecule has 1 atom stereocenters. The maximum absolute atomic E-state index is 13.6. The number of nitrogens with one attached hydrogen (secondary N) is 1. The first-order valence-corrected chi connectivity index (χ1v) is 14.3. The molecule has 38 heavy (non-hydrogen) atoms. The number of carbonyl (C=O) groups excluding carboxylic acids is 1. The molecule has 2 aromatic heterocycles. The third kappa shape index (κ3) is 5.36. The Morgan fingerprint density at radius 3 is 2.50 bits per heavy atom. The molecule has 0 unspecified atom stereocenters. The molecule has 4 aromatic rings. The van der Waals surface area contributed by atoms with Gasteiger partial charge in [0.15, 0.2) is 0 Å². The molecule has 1 amide bonds. The van der Waals surface area contributed by atoms with Gasteiger partial charge in [-0.1, -0.05) is 50.6 Å². The topological polar surface area (TPSA) is 46.4 Å². The minimum Gasteiger partial charge on any atom is -0.322 e. The van der Waals surface area contributed by atoms with Gasteiger partial charge in [0, 0.05) is 44.4 Å². The third-order valence-corrected chi connectivity index (χ3v) is 9.02. The first-order valence-electron chi connectivity index (χ1n) is 13.1. The number of anilines is 1. The van der Waals surface area contributed by atoms with E-state index in [1.54, 1.807) is 23.5 Å². The molecule has 4 nitrogen and oxygen atoms in total. The second-order valence-corrected chi connectivity index (χ2v) is 12.7. The maximum atomic E-state index is 13.6. The molecule has 0 fully saturated rings. The molecule has 6 heteroatoms. The second-order valence-electron chi connectivity index (χ2n) is 11.2. The quantitative estimate of drug-likeness (QED) is 0.251. The summed E-state index contributed by atoms with van der Waals surface area (Å²) in [5.41, 5.74) is 7.27. The monoisotopic (exact) mass is 543 g/mol. The van der Waals surface area contributed by atoms with Crippen molar-refractivity contribution in [1.82, 2.24) is 4.57 Å². The molecule has 0 bridgehead atoms. The number of nitrogens with zero attached hydrogens (tertiary/aromatic N) is 2. The van der Waals surface area contributed by atoms with E-state index in [2.05, 4.69) is 74.8 Å². The van der Waals surface area contributed by atoms with Crippen LogP contribution in [0.4, 0.5) is 10.7 Å². The van der Waals surface area contributed by atoms with Gasteiger partial charge in [0.1, 0.15) is 5.00 Å². The number of aromatic nitrogens is 1. The molecule has 1 aliphatic rings. The Labute approximate surface area is 234 Å². The molecule has 0 radical (unpaired) electrons. The lowest BCUT2D eigenvalue weighted by atomic mass is 9.72. The SMILES string of the molecule is Cc1cc(C=Nc2sc3c(c2C(=O)Nc2ccc(Cl)cc2)CC[C@@H](C(C)(C)C)C3)c(C)n1-c1ccccc1. The van der Waals surface area contributed by atoms with Crippen LogP contribution in [0.15, 0.2) is 65.7 Å². The van der Waals surface area contributed by atoms with E-state index in [-0.39, 0.29) is 11.3 Å². The van der Waals surface area contributed by atoms with E-state index in [1.807, 2.05) is 24.4 Å². The Morgan fingerprint density at radius 2 is 1.82 bits per heavy atom. The van der Waals surface area contributed by atoms with Gasteiger partial charge in [0.2, 0.25) is 0 Å². The number of aliphatic imine (C=N–C) groups is 1. The van der Waals surface area contributed by atoms with Crippen molar-refractivity contribution in [2.24, 2.45) is 16.3 Å². The Kier molecular flexibility index (Phi) is 7.34. The largest absolute Gasteiger partial charge is 0.322 e. The highest BCUT2D eigenvalue weighted by atomic mass is 35.5. The van der Waals surface area contributed by atoms with Gasteiger partial charge in [-0.05, 0) is 92.5 Å². The Balaban J connectivity index is 1.52. The molecule has 0 aliphatic heterocycles. The van der Waals surface area contributed by atoms with Crippen molar-refractivity contribution in [3.05, 3.63) is 98.6 Å². The highest BCUT2D eigenvalue weighted by Gasteiger charge is 2.33. The molecule has 0 spiro atoms. The van der Waals surface area contributed by atoms with Crippen LogP contribution in [-0.2, 0) is 12.8 Å². The average molecular weight is 544 g/mol. The van der Waals surface area contributed by atoms with E-state index in [0.717, 1.165) is 58.2 Å². The number of benzene rings is 2. The number of thiophene rings is 1. The van der Waals surface area contributed by atoms with Crippen LogP contribution in [0.1, 0.15) is 64.9 Å². The normalized spacial score (nSPS) is 15.6. The van der Waals surface area contributed by atoms with Crippen molar-refractivity contribution in [3.63, 3.8) is 0 Å². The third-order valence-electron chi connectivity index (χ3n) is 7.61. The minimum absolute atomic E-state index is 0.110. The van der Waals surface area contributed by atoms with Crippen LogP contribution >= 0.6 is 22.9 Å². The van der Waals surface area contributed by atoms with Gasteiger partial charge in [-0.25, -0.2) is 4.99 Å². The van der Waals surface area contributed by atoms with Gasteiger partial charge in [-0.3, -0.25) is 4.79 Å². The zero-order valence-electron chi connectivity index (χ0n) is 22.6. The highest BCUT2D eigenvalue weighted by molar-refractivity contribution is 7.16. The lowest BCUT2D eigenvalue weighted by molar-refractivity contribution is 0.102. The van der Waals surface area contributed by atoms with Crippen molar-refractivity contribution in [2.45, 2.75) is 53.9 Å². The molecule has 1 N–H and O–H groups in total. The summed E-state index contributed by atoms with van der Waals surface area (Å²) in [5.74, 6) is 0.475. The summed E-state index contributed by atoms with van der Waals surface area (Å²) in [4.78, 5) is 19.9. The van der Waals surface area contributed by atoms with Crippen LogP contribution in [-0.4, -0.2) is 16.7 Å². The van der Waals surface area contributed by atoms with E-state index in [4.69, 9.17) is 16.6 Å². The molecule has 0 saturated heterocycles. The zero-order valence-corrected chi connectivity index (χ0v) is 24.2. The minimum atomic E-state index is -0.110. The van der Waals surface area contributed by atoms with E-state index in [1.165, 1.54) is 4.88 Å². The number of rotatable bonds is 5. The van der Waals surface area contributed by atoms with Crippen molar-refractivity contribution in [2.75, 3.05) is 5.32 Å². The van der Waals surface area contributed by atoms with Crippen LogP contribution < -0.4 is 5.32 Å². The summed E-state index contributed by atoms with van der Waals surface area (Å²) >= 11 is 7.72. The van der Waals surface area contributed by atoms with Crippen molar-refractivity contribution in [3.8, 4) is 5.69 Å². The fourth-order valence-electron chi connectivity index (χ4n) is 5.38. The molecule has 196 valence electrons. The standard InChI is InChI=1S/C32H34ClN3OS/c1-20-17-22(21(2)36(20)26-9-7-6-8-10-26)19-34-31-29(30(37)35-25-14-12-24(33)13-15-25)27-16-11-23(32(3,4)5)18-28(27)38-31/h6-10,12-15,17,19,23H,11,16,18H2,1-5H3,(H,35,37)/t23-/m1/s1. The molecule has 0 saturated carbocycles. The van der Waals surface area contributed by atoms with Gasteiger partial charge in [-0.15, -0.1) is 11.3 Å². The predicted molar refractivity (Wildman–Crippen MR) is 161 cm³/mol. The molecule has 5 rings (SSSR count). The second kappa shape index (κ2) is 10.5. The van der Waals surface area contributed by atoms with Crippen molar-refractivity contribution < 1.29 is 4.79 Å². The van der Waals surface area contributed by atoms with Crippen LogP contribution in [0.25, 0.3) is 5.69 Å². The first kappa shape index (κ1) is 26.5. The van der Waals surface area contributed by atoms with Gasteiger partial charge >= 0.3 is 0 Å². The number of fused-ring (bicyclic) bond motifs is 1. The summed E-state index contributed by atoms with van der Waals surface area (Å²) in [6.45, 7) is 11.2. The number of hydrogen-bond acceptors (Lipinski definition) is 3. The van der Waals surface area contributed by atoms with Crippen LogP contribution in [0.5, 0.6) is 0 Å². The summed E-state index contributed by atoms with van der Waals surface area (Å²) in [7, 11) is 0. The zero-order chi connectivity index (χ0) is 27.0. The van der Waals surface area contributed by atoms with Crippen LogP contribution in [0, 0.1) is 25.2 Å². The molecule has 2 aromatic carbocycles. The summed E-state index contributed by atoms with van der Waals surface area (Å²) in [5, 5.41) is 4.50. The Bertz CT molecular complexity index is 1490. The highest BCUT2D eigenvalue weighted by Crippen LogP contribution is 2.45. The molecular weight excluding hydrogens is 510 g/mol. The fraction of sp³-hybridized carbons (Fsp3) is 0.312. The lowest BCUT2D eigenvalue weighted by Gasteiger charge is -2.33. The summed E-state index contributed by atoms with van der Waals surface area (Å²) in [6.07, 6.45) is 4.88. The maximum Gasteiger partial charge on any atom is 0.259 e. The number of amides is 1. The Hall–Kier alpha value is -3.15. The van der Waals surface area contributed by atoms with Crippen molar-refractivity contribution >= 4 is 45.7 Å². The molecule has 2 heterocycles. The van der Waals surface area contributed by atoms with Crippen LogP contribution in [0.2, 0.25) is 5.02 Å². The summed E-state index contributed by atoms with van der Waals surface area (Å²) in [6, 6.07) is 19.7. The number of hydrogen-bond donors (Lipinski definition) is 1. The smallest absolute Gasteiger partial charge is 0.259 e. The number of carbonyl (C=O) groups is 1. The van der Waals surface area contributed by atoms with Gasteiger partial charge in [-0.2, -0.15) is 0 Å². The number of aryl methyl sites for hydroxylation is 1. The molecule has 1 aliphatic carbocycles. The van der Waals surface area contributed by atoms with Gasteiger partial charge in [0.05, 0.1) is 5.56 Å². The van der Waals surface area contributed by atoms with E-state index >= 15 is 0 Å². The fourth-order valence-corrected chi connectivity index (χ4v) is 6.78. The summed E-state index contributed by atoms with van der Waals surface area (Å²) < 4.78 is 2.24.